The molecule has 3 unspecified atom stereocenters. The summed E-state index contributed by atoms with van der Waals surface area (Å²) in [6.07, 6.45) is 42.0. The van der Waals surface area contributed by atoms with Gasteiger partial charge in [0.15, 0.2) is 12.2 Å². The Labute approximate surface area is 543 Å². The SMILES string of the molecule is CC(C)CCCCCCCCCCCCCCCCCCC(=O)O[C@H](COC(=O)CCCCCCCCCC(C)C)COP(=O)(O)OCC(O)COP(=O)(O)OC[C@@H](COC(=O)CCCCCCCCCC(C)C)OC(=O)CCCCCCCCCC(C)C. The lowest BCUT2D eigenvalue weighted by molar-refractivity contribution is -0.161. The second-order valence-corrected chi connectivity index (χ2v) is 30.1. The van der Waals surface area contributed by atoms with Gasteiger partial charge in [0.05, 0.1) is 26.4 Å². The van der Waals surface area contributed by atoms with E-state index >= 15 is 0 Å². The van der Waals surface area contributed by atoms with Crippen molar-refractivity contribution >= 4 is 39.5 Å². The van der Waals surface area contributed by atoms with Gasteiger partial charge in [-0.3, -0.25) is 37.3 Å². The van der Waals surface area contributed by atoms with Crippen LogP contribution in [0.3, 0.4) is 0 Å². The molecule has 0 spiro atoms. The highest BCUT2D eigenvalue weighted by Crippen LogP contribution is 2.45. The van der Waals surface area contributed by atoms with Gasteiger partial charge in [-0.1, -0.05) is 293 Å². The predicted octanol–water partition coefficient (Wildman–Crippen LogP) is 19.7. The van der Waals surface area contributed by atoms with Crippen molar-refractivity contribution in [2.75, 3.05) is 39.6 Å². The van der Waals surface area contributed by atoms with E-state index in [9.17, 15) is 43.2 Å². The van der Waals surface area contributed by atoms with E-state index in [0.29, 0.717) is 43.4 Å². The smallest absolute Gasteiger partial charge is 0.462 e. The lowest BCUT2D eigenvalue weighted by Gasteiger charge is -2.21. The minimum absolute atomic E-state index is 0.102. The van der Waals surface area contributed by atoms with Crippen LogP contribution in [0.1, 0.15) is 344 Å². The molecule has 528 valence electrons. The fourth-order valence-electron chi connectivity index (χ4n) is 10.5. The van der Waals surface area contributed by atoms with Gasteiger partial charge in [0.25, 0.3) is 0 Å². The maximum Gasteiger partial charge on any atom is 0.472 e. The van der Waals surface area contributed by atoms with Crippen molar-refractivity contribution in [1.82, 2.24) is 0 Å². The van der Waals surface area contributed by atoms with Crippen molar-refractivity contribution in [3.8, 4) is 0 Å². The van der Waals surface area contributed by atoms with Crippen molar-refractivity contribution in [3.63, 3.8) is 0 Å². The Morgan fingerprint density at radius 2 is 0.472 bits per heavy atom. The molecule has 0 radical (unpaired) electrons. The highest BCUT2D eigenvalue weighted by Gasteiger charge is 2.30. The number of rotatable bonds is 67. The molecule has 19 heteroatoms. The quantitative estimate of drug-likeness (QED) is 0.0222. The Bertz CT molecular complexity index is 1760. The molecule has 0 saturated carbocycles. The van der Waals surface area contributed by atoms with Crippen molar-refractivity contribution < 1.29 is 80.2 Å². The number of aliphatic hydroxyl groups excluding tert-OH is 1. The van der Waals surface area contributed by atoms with E-state index in [1.807, 2.05) is 0 Å². The lowest BCUT2D eigenvalue weighted by atomic mass is 10.0. The Morgan fingerprint density at radius 3 is 0.697 bits per heavy atom. The van der Waals surface area contributed by atoms with Gasteiger partial charge in [-0.15, -0.1) is 0 Å². The second-order valence-electron chi connectivity index (χ2n) is 27.2. The zero-order valence-electron chi connectivity index (χ0n) is 58.1. The first kappa shape index (κ1) is 87.1. The van der Waals surface area contributed by atoms with Gasteiger partial charge in [-0.05, 0) is 49.4 Å². The summed E-state index contributed by atoms with van der Waals surface area (Å²) in [7, 11) is -9.90. The lowest BCUT2D eigenvalue weighted by Crippen LogP contribution is -2.30. The van der Waals surface area contributed by atoms with E-state index in [-0.39, 0.29) is 25.7 Å². The molecule has 0 fully saturated rings. The van der Waals surface area contributed by atoms with E-state index in [1.54, 1.807) is 0 Å². The summed E-state index contributed by atoms with van der Waals surface area (Å²) in [5.41, 5.74) is 0. The number of carbonyl (C=O) groups is 4. The monoisotopic (exact) mass is 1310 g/mol. The number of hydrogen-bond donors (Lipinski definition) is 3. The van der Waals surface area contributed by atoms with Crippen LogP contribution in [0, 0.1) is 23.7 Å². The molecule has 17 nitrogen and oxygen atoms in total. The van der Waals surface area contributed by atoms with Gasteiger partial charge in [-0.25, -0.2) is 9.13 Å². The summed E-state index contributed by atoms with van der Waals surface area (Å²) in [6.45, 7) is 14.0. The average Bonchev–Trinajstić information content (AvgIpc) is 3.61. The van der Waals surface area contributed by atoms with E-state index in [2.05, 4.69) is 55.4 Å². The Kier molecular flexibility index (Phi) is 58.5. The molecule has 3 N–H and O–H groups in total. The molecule has 0 rings (SSSR count). The largest absolute Gasteiger partial charge is 0.472 e. The van der Waals surface area contributed by atoms with Crippen molar-refractivity contribution in [2.24, 2.45) is 23.7 Å². The second kappa shape index (κ2) is 59.8. The minimum Gasteiger partial charge on any atom is -0.462 e. The molecule has 0 aliphatic rings. The molecule has 0 aromatic heterocycles. The van der Waals surface area contributed by atoms with E-state index in [4.69, 9.17) is 37.0 Å². The number of esters is 4. The van der Waals surface area contributed by atoms with Crippen LogP contribution in [-0.4, -0.2) is 96.7 Å². The number of aliphatic hydroxyl groups is 1. The molecular weight excluding hydrogens is 1170 g/mol. The highest BCUT2D eigenvalue weighted by molar-refractivity contribution is 7.47. The Hall–Kier alpha value is -1.94. The molecule has 0 aromatic rings. The third-order valence-electron chi connectivity index (χ3n) is 16.1. The summed E-state index contributed by atoms with van der Waals surface area (Å²) in [5.74, 6) is 0.781. The average molecular weight is 1310 g/mol. The summed E-state index contributed by atoms with van der Waals surface area (Å²) >= 11 is 0. The molecule has 0 saturated heterocycles. The first-order valence-corrected chi connectivity index (χ1v) is 39.2. The standard InChI is InChI=1S/C70H136O17P2/c1-60(2)46-38-30-22-17-15-13-11-9-10-12-14-16-18-26-36-44-52-69(74)86-65(56-80-67(72)50-42-34-27-19-23-31-39-47-61(3)4)58-84-88(76,77)82-54-64(71)55-83-89(78,79)85-59-66(87-70(75)53-45-37-29-21-25-33-41-49-63(7)8)57-81-68(73)51-43-35-28-20-24-32-40-48-62(5)6/h60-66,71H,9-59H2,1-8H3,(H,76,77)(H,78,79)/t64?,65-,66-/m1/s1. The van der Waals surface area contributed by atoms with Crippen LogP contribution < -0.4 is 0 Å². The minimum atomic E-state index is -4.95. The van der Waals surface area contributed by atoms with Gasteiger partial charge >= 0.3 is 39.5 Å². The highest BCUT2D eigenvalue weighted by atomic mass is 31.2. The number of phosphoric ester groups is 2. The number of carbonyl (C=O) groups excluding carboxylic acids is 4. The first-order valence-electron chi connectivity index (χ1n) is 36.2. The van der Waals surface area contributed by atoms with Crippen molar-refractivity contribution in [3.05, 3.63) is 0 Å². The number of unbranched alkanes of at least 4 members (excludes halogenated alkanes) is 33. The topological polar surface area (TPSA) is 237 Å². The Balaban J connectivity index is 5.19. The van der Waals surface area contributed by atoms with Gasteiger partial charge in [0.2, 0.25) is 0 Å². The summed E-state index contributed by atoms with van der Waals surface area (Å²) in [4.78, 5) is 72.4. The molecule has 0 aromatic carbocycles. The zero-order chi connectivity index (χ0) is 66.1. The summed E-state index contributed by atoms with van der Waals surface area (Å²) < 4.78 is 68.2. The Morgan fingerprint density at radius 1 is 0.281 bits per heavy atom. The van der Waals surface area contributed by atoms with Gasteiger partial charge in [0, 0.05) is 25.7 Å². The summed E-state index contributed by atoms with van der Waals surface area (Å²) in [5, 5.41) is 10.6. The molecule has 0 heterocycles. The van der Waals surface area contributed by atoms with E-state index in [0.717, 1.165) is 109 Å². The van der Waals surface area contributed by atoms with Crippen LogP contribution in [0.25, 0.3) is 0 Å². The van der Waals surface area contributed by atoms with Gasteiger partial charge in [-0.2, -0.15) is 0 Å². The number of ether oxygens (including phenoxy) is 4. The first-order chi connectivity index (χ1) is 42.6. The van der Waals surface area contributed by atoms with Crippen LogP contribution in [0.4, 0.5) is 0 Å². The molecule has 5 atom stereocenters. The van der Waals surface area contributed by atoms with Crippen LogP contribution in [-0.2, 0) is 65.4 Å². The fraction of sp³-hybridized carbons (Fsp3) is 0.943. The molecule has 0 aliphatic carbocycles. The molecule has 89 heavy (non-hydrogen) atoms. The molecule has 0 aliphatic heterocycles. The van der Waals surface area contributed by atoms with Crippen LogP contribution in [0.5, 0.6) is 0 Å². The van der Waals surface area contributed by atoms with Gasteiger partial charge in [0.1, 0.15) is 19.3 Å². The third kappa shape index (κ3) is 64.6. The predicted molar refractivity (Wildman–Crippen MR) is 358 cm³/mol. The normalized spacial score (nSPS) is 14.3. The molecule has 0 bridgehead atoms. The van der Waals surface area contributed by atoms with Crippen molar-refractivity contribution in [2.45, 2.75) is 363 Å². The molecule has 0 amide bonds. The zero-order valence-corrected chi connectivity index (χ0v) is 59.8. The maximum atomic E-state index is 13.0. The third-order valence-corrected chi connectivity index (χ3v) is 18.0. The maximum absolute atomic E-state index is 13.0. The van der Waals surface area contributed by atoms with Crippen LogP contribution >= 0.6 is 15.6 Å². The number of hydrogen-bond acceptors (Lipinski definition) is 15. The van der Waals surface area contributed by atoms with E-state index in [1.165, 1.54) is 135 Å². The summed E-state index contributed by atoms with van der Waals surface area (Å²) in [6, 6.07) is 0. The van der Waals surface area contributed by atoms with Crippen molar-refractivity contribution in [1.29, 1.82) is 0 Å². The number of phosphoric acid groups is 2. The van der Waals surface area contributed by atoms with Crippen LogP contribution in [0.15, 0.2) is 0 Å². The van der Waals surface area contributed by atoms with E-state index < -0.39 is 97.5 Å². The van der Waals surface area contributed by atoms with Crippen LogP contribution in [0.2, 0.25) is 0 Å². The molecular formula is C70H136O17P2. The fourth-order valence-corrected chi connectivity index (χ4v) is 12.1. The van der Waals surface area contributed by atoms with Gasteiger partial charge < -0.3 is 33.8 Å².